The van der Waals surface area contributed by atoms with Gasteiger partial charge in [-0.05, 0) is 56.7 Å². The number of nitrogens with zero attached hydrogens (tertiary/aromatic N) is 2. The number of nitrogens with one attached hydrogen (secondary N) is 2. The number of carbonyl (C=O) groups excluding carboxylic acids is 2. The van der Waals surface area contributed by atoms with Gasteiger partial charge in [-0.25, -0.2) is 9.48 Å². The maximum atomic E-state index is 13.6. The molecule has 0 fully saturated rings. The lowest BCUT2D eigenvalue weighted by atomic mass is 10.0. The fraction of sp³-hybridized carbons (Fsp3) is 0.320. The summed E-state index contributed by atoms with van der Waals surface area (Å²) in [5.74, 6) is -0.115. The van der Waals surface area contributed by atoms with E-state index < -0.39 is 42.1 Å². The molecule has 2 N–H and O–H groups in total. The molecule has 36 heavy (non-hydrogen) atoms. The molecule has 0 saturated carbocycles. The maximum Gasteiger partial charge on any atom is 0.435 e. The van der Waals surface area contributed by atoms with Gasteiger partial charge in [-0.15, -0.1) is 0 Å². The Labute approximate surface area is 206 Å². The Morgan fingerprint density at radius 3 is 2.22 bits per heavy atom. The lowest BCUT2D eigenvalue weighted by Gasteiger charge is -2.22. The van der Waals surface area contributed by atoms with Gasteiger partial charge >= 0.3 is 12.3 Å². The summed E-state index contributed by atoms with van der Waals surface area (Å²) in [4.78, 5) is 24.7. The molecule has 0 spiro atoms. The van der Waals surface area contributed by atoms with Gasteiger partial charge in [0, 0.05) is 0 Å². The Kier molecular flexibility index (Phi) is 7.91. The van der Waals surface area contributed by atoms with Crippen LogP contribution in [0.15, 0.2) is 60.7 Å². The number of alkyl halides is 3. The Morgan fingerprint density at radius 2 is 1.67 bits per heavy atom. The highest BCUT2D eigenvalue weighted by Crippen LogP contribution is 2.33. The molecule has 11 heteroatoms. The van der Waals surface area contributed by atoms with Crippen molar-refractivity contribution in [3.05, 3.63) is 77.6 Å². The summed E-state index contributed by atoms with van der Waals surface area (Å²) in [5, 5.41) is 8.83. The van der Waals surface area contributed by atoms with Gasteiger partial charge < -0.3 is 20.1 Å². The summed E-state index contributed by atoms with van der Waals surface area (Å²) in [5.41, 5.74) is -0.944. The van der Waals surface area contributed by atoms with Gasteiger partial charge in [0.15, 0.2) is 5.69 Å². The van der Waals surface area contributed by atoms with Crippen LogP contribution >= 0.6 is 0 Å². The quantitative estimate of drug-likeness (QED) is 0.489. The second-order valence-electron chi connectivity index (χ2n) is 8.83. The van der Waals surface area contributed by atoms with E-state index in [1.54, 1.807) is 75.4 Å². The minimum absolute atomic E-state index is 0.0734. The molecule has 3 aromatic rings. The van der Waals surface area contributed by atoms with Crippen LogP contribution in [0.1, 0.15) is 43.8 Å². The number of hydrogen-bond acceptors (Lipinski definition) is 5. The Bertz CT molecular complexity index is 1190. The molecule has 1 heterocycles. The third-order valence-corrected chi connectivity index (χ3v) is 4.87. The van der Waals surface area contributed by atoms with Crippen LogP contribution in [0.3, 0.4) is 0 Å². The molecule has 0 aliphatic heterocycles. The van der Waals surface area contributed by atoms with Gasteiger partial charge in [-0.1, -0.05) is 30.3 Å². The Morgan fingerprint density at radius 1 is 1.03 bits per heavy atom. The predicted molar refractivity (Wildman–Crippen MR) is 126 cm³/mol. The van der Waals surface area contributed by atoms with Crippen molar-refractivity contribution in [1.82, 2.24) is 20.4 Å². The first-order valence-corrected chi connectivity index (χ1v) is 11.0. The van der Waals surface area contributed by atoms with E-state index >= 15 is 0 Å². The number of carbonyl (C=O) groups is 2. The second-order valence-corrected chi connectivity index (χ2v) is 8.83. The minimum atomic E-state index is -4.71. The van der Waals surface area contributed by atoms with Crippen molar-refractivity contribution in [2.24, 2.45) is 0 Å². The van der Waals surface area contributed by atoms with Crippen LogP contribution in [0.5, 0.6) is 5.75 Å². The summed E-state index contributed by atoms with van der Waals surface area (Å²) in [6.07, 6.45) is -5.51. The molecule has 192 valence electrons. The van der Waals surface area contributed by atoms with Crippen molar-refractivity contribution in [3.8, 4) is 11.4 Å². The fourth-order valence-electron chi connectivity index (χ4n) is 3.32. The number of halogens is 3. The van der Waals surface area contributed by atoms with E-state index in [4.69, 9.17) is 9.47 Å². The molecule has 0 bridgehead atoms. The predicted octanol–water partition coefficient (Wildman–Crippen LogP) is 4.63. The van der Waals surface area contributed by atoms with Crippen LogP contribution in [0.2, 0.25) is 0 Å². The Hall–Kier alpha value is -4.02. The average Bonchev–Trinajstić information content (AvgIpc) is 3.26. The van der Waals surface area contributed by atoms with Crippen LogP contribution in [-0.4, -0.2) is 41.0 Å². The number of hydrogen-bond donors (Lipinski definition) is 2. The van der Waals surface area contributed by atoms with E-state index in [0.717, 1.165) is 10.7 Å². The van der Waals surface area contributed by atoms with Gasteiger partial charge in [-0.3, -0.25) is 4.79 Å². The molecule has 2 aromatic carbocycles. The molecular weight excluding hydrogens is 477 g/mol. The largest absolute Gasteiger partial charge is 0.497 e. The van der Waals surface area contributed by atoms with Crippen molar-refractivity contribution in [2.45, 2.75) is 38.6 Å². The third-order valence-electron chi connectivity index (χ3n) is 4.87. The summed E-state index contributed by atoms with van der Waals surface area (Å²) < 4.78 is 52.3. The number of ether oxygens (including phenoxy) is 2. The highest BCUT2D eigenvalue weighted by molar-refractivity contribution is 5.82. The molecule has 0 aliphatic carbocycles. The zero-order chi connectivity index (χ0) is 26.5. The van der Waals surface area contributed by atoms with Crippen LogP contribution in [-0.2, 0) is 15.7 Å². The van der Waals surface area contributed by atoms with E-state index in [-0.39, 0.29) is 5.69 Å². The van der Waals surface area contributed by atoms with Crippen LogP contribution in [0.25, 0.3) is 5.69 Å². The second kappa shape index (κ2) is 10.7. The van der Waals surface area contributed by atoms with Gasteiger partial charge in [-0.2, -0.15) is 18.3 Å². The van der Waals surface area contributed by atoms with Gasteiger partial charge in [0.1, 0.15) is 17.9 Å². The minimum Gasteiger partial charge on any atom is -0.497 e. The van der Waals surface area contributed by atoms with Gasteiger partial charge in [0.05, 0.1) is 24.5 Å². The average molecular weight is 505 g/mol. The van der Waals surface area contributed by atoms with Crippen molar-refractivity contribution in [1.29, 1.82) is 0 Å². The number of benzene rings is 2. The number of aromatic nitrogens is 2. The van der Waals surface area contributed by atoms with E-state index in [1.807, 2.05) is 0 Å². The maximum absolute atomic E-state index is 13.6. The van der Waals surface area contributed by atoms with Gasteiger partial charge in [0.2, 0.25) is 5.91 Å². The molecule has 3 rings (SSSR count). The molecule has 0 aliphatic rings. The van der Waals surface area contributed by atoms with Crippen LogP contribution < -0.4 is 15.4 Å². The molecule has 1 aromatic heterocycles. The van der Waals surface area contributed by atoms with E-state index in [2.05, 4.69) is 15.7 Å². The van der Waals surface area contributed by atoms with Crippen molar-refractivity contribution >= 4 is 12.0 Å². The van der Waals surface area contributed by atoms with Crippen LogP contribution in [0.4, 0.5) is 18.0 Å². The number of methoxy groups -OCH3 is 1. The normalized spacial score (nSPS) is 12.5. The summed E-state index contributed by atoms with van der Waals surface area (Å²) in [6.45, 7) is 4.59. The van der Waals surface area contributed by atoms with E-state index in [0.29, 0.717) is 17.0 Å². The Balaban J connectivity index is 1.98. The molecular formula is C25H27F3N4O4. The standard InChI is InChI=1S/C25H27F3N4O4/c1-24(2,3)36-23(34)29-15-21(33)30-22(16-8-6-5-7-9-16)19-14-20(25(26,27)28)31-32(19)17-10-12-18(35-4)13-11-17/h5-14,22H,15H2,1-4H3,(H,29,34)(H,30,33). The molecule has 2 amide bonds. The van der Waals surface area contributed by atoms with Gasteiger partial charge in [0.25, 0.3) is 0 Å². The smallest absolute Gasteiger partial charge is 0.435 e. The molecule has 8 nitrogen and oxygen atoms in total. The number of alkyl carbamates (subject to hydrolysis) is 1. The van der Waals surface area contributed by atoms with Crippen molar-refractivity contribution in [3.63, 3.8) is 0 Å². The molecule has 0 saturated heterocycles. The topological polar surface area (TPSA) is 94.5 Å². The van der Waals surface area contributed by atoms with E-state index in [1.165, 1.54) is 7.11 Å². The fourth-order valence-corrected chi connectivity index (χ4v) is 3.32. The summed E-state index contributed by atoms with van der Waals surface area (Å²) >= 11 is 0. The first-order valence-electron chi connectivity index (χ1n) is 11.0. The third kappa shape index (κ3) is 7.00. The lowest BCUT2D eigenvalue weighted by molar-refractivity contribution is -0.141. The molecule has 0 radical (unpaired) electrons. The number of amides is 2. The molecule has 1 unspecified atom stereocenters. The van der Waals surface area contributed by atoms with E-state index in [9.17, 15) is 22.8 Å². The SMILES string of the molecule is COc1ccc(-n2nc(C(F)(F)F)cc2C(NC(=O)CNC(=O)OC(C)(C)C)c2ccccc2)cc1. The first kappa shape index (κ1) is 26.6. The zero-order valence-electron chi connectivity index (χ0n) is 20.2. The first-order chi connectivity index (χ1) is 16.9. The zero-order valence-corrected chi connectivity index (χ0v) is 20.2. The summed E-state index contributed by atoms with van der Waals surface area (Å²) in [7, 11) is 1.47. The highest BCUT2D eigenvalue weighted by Gasteiger charge is 2.37. The molecule has 1 atom stereocenters. The van der Waals surface area contributed by atoms with Crippen molar-refractivity contribution in [2.75, 3.05) is 13.7 Å². The monoisotopic (exact) mass is 504 g/mol. The van der Waals surface area contributed by atoms with Crippen LogP contribution in [0, 0.1) is 0 Å². The van der Waals surface area contributed by atoms with Crippen molar-refractivity contribution < 1.29 is 32.2 Å². The lowest BCUT2D eigenvalue weighted by Crippen LogP contribution is -2.41. The number of rotatable bonds is 7. The highest BCUT2D eigenvalue weighted by atomic mass is 19.4. The summed E-state index contributed by atoms with van der Waals surface area (Å²) in [6, 6.07) is 14.7.